The van der Waals surface area contributed by atoms with E-state index in [4.69, 9.17) is 4.74 Å². The number of nitrogens with one attached hydrogen (secondary N) is 1. The summed E-state index contributed by atoms with van der Waals surface area (Å²) in [5.74, 6) is 2.31. The van der Waals surface area contributed by atoms with Crippen molar-refractivity contribution in [2.45, 2.75) is 37.7 Å². The lowest BCUT2D eigenvalue weighted by Gasteiger charge is -2.23. The zero-order chi connectivity index (χ0) is 10.8. The zero-order valence-corrected chi connectivity index (χ0v) is 9.35. The number of piperidine rings is 1. The molecule has 1 saturated carbocycles. The van der Waals surface area contributed by atoms with E-state index in [9.17, 15) is 0 Å². The average molecular weight is 219 g/mol. The number of nitrogens with zero attached hydrogens (tertiary/aromatic N) is 2. The monoisotopic (exact) mass is 219 g/mol. The van der Waals surface area contributed by atoms with Crippen molar-refractivity contribution >= 4 is 0 Å². The molecule has 1 aliphatic heterocycles. The van der Waals surface area contributed by atoms with Gasteiger partial charge >= 0.3 is 0 Å². The Kier molecular flexibility index (Phi) is 2.74. The summed E-state index contributed by atoms with van der Waals surface area (Å²) in [4.78, 5) is 8.77. The Morgan fingerprint density at radius 2 is 2.00 bits per heavy atom. The van der Waals surface area contributed by atoms with E-state index in [0.717, 1.165) is 37.6 Å². The van der Waals surface area contributed by atoms with Crippen LogP contribution in [0.5, 0.6) is 5.88 Å². The van der Waals surface area contributed by atoms with Gasteiger partial charge in [-0.25, -0.2) is 4.98 Å². The van der Waals surface area contributed by atoms with Crippen LogP contribution >= 0.6 is 0 Å². The highest BCUT2D eigenvalue weighted by Crippen LogP contribution is 2.38. The molecule has 4 nitrogen and oxygen atoms in total. The maximum Gasteiger partial charge on any atom is 0.216 e. The fraction of sp³-hybridized carbons (Fsp3) is 0.667. The van der Waals surface area contributed by atoms with E-state index in [1.165, 1.54) is 12.8 Å². The van der Waals surface area contributed by atoms with E-state index >= 15 is 0 Å². The van der Waals surface area contributed by atoms with E-state index in [1.807, 2.05) is 12.3 Å². The highest BCUT2D eigenvalue weighted by Gasteiger charge is 2.27. The van der Waals surface area contributed by atoms with Gasteiger partial charge in [0, 0.05) is 18.2 Å². The molecule has 3 rings (SSSR count). The van der Waals surface area contributed by atoms with Crippen molar-refractivity contribution < 1.29 is 4.74 Å². The molecule has 2 heterocycles. The van der Waals surface area contributed by atoms with Gasteiger partial charge in [-0.15, -0.1) is 0 Å². The topological polar surface area (TPSA) is 47.0 Å². The third-order valence-electron chi connectivity index (χ3n) is 3.16. The van der Waals surface area contributed by atoms with Gasteiger partial charge in [-0.3, -0.25) is 0 Å². The maximum atomic E-state index is 5.88. The Morgan fingerprint density at radius 3 is 2.75 bits per heavy atom. The lowest BCUT2D eigenvalue weighted by atomic mass is 10.1. The molecule has 0 unspecified atom stereocenters. The first-order chi connectivity index (χ1) is 7.92. The van der Waals surface area contributed by atoms with Crippen LogP contribution in [0.4, 0.5) is 0 Å². The maximum absolute atomic E-state index is 5.88. The van der Waals surface area contributed by atoms with Gasteiger partial charge in [-0.1, -0.05) is 0 Å². The van der Waals surface area contributed by atoms with Crippen LogP contribution in [-0.2, 0) is 0 Å². The van der Waals surface area contributed by atoms with Crippen LogP contribution in [0.25, 0.3) is 0 Å². The first-order valence-corrected chi connectivity index (χ1v) is 6.12. The Labute approximate surface area is 95.4 Å². The molecule has 0 bridgehead atoms. The van der Waals surface area contributed by atoms with Crippen molar-refractivity contribution in [1.29, 1.82) is 0 Å². The summed E-state index contributed by atoms with van der Waals surface area (Å²) >= 11 is 0. The molecule has 86 valence electrons. The van der Waals surface area contributed by atoms with Crippen molar-refractivity contribution in [2.24, 2.45) is 0 Å². The normalized spacial score (nSPS) is 22.0. The van der Waals surface area contributed by atoms with E-state index in [2.05, 4.69) is 15.3 Å². The minimum Gasteiger partial charge on any atom is -0.474 e. The number of ether oxygens (including phenoxy) is 1. The first kappa shape index (κ1) is 10.0. The van der Waals surface area contributed by atoms with Crippen LogP contribution < -0.4 is 10.1 Å². The third kappa shape index (κ3) is 2.32. The lowest BCUT2D eigenvalue weighted by Crippen LogP contribution is -2.34. The minimum absolute atomic E-state index is 0.322. The second-order valence-electron chi connectivity index (χ2n) is 4.59. The molecule has 16 heavy (non-hydrogen) atoms. The molecule has 0 radical (unpaired) electrons. The second kappa shape index (κ2) is 4.37. The molecule has 1 N–H and O–H groups in total. The molecule has 0 amide bonds. The Hall–Kier alpha value is -1.16. The highest BCUT2D eigenvalue weighted by molar-refractivity contribution is 5.14. The van der Waals surface area contributed by atoms with Crippen LogP contribution in [-0.4, -0.2) is 29.2 Å². The molecule has 1 aromatic heterocycles. The average Bonchev–Trinajstić information content (AvgIpc) is 3.15. The molecule has 1 aromatic rings. The fourth-order valence-corrected chi connectivity index (χ4v) is 2.04. The van der Waals surface area contributed by atoms with Gasteiger partial charge in [0.25, 0.3) is 0 Å². The van der Waals surface area contributed by atoms with E-state index < -0.39 is 0 Å². The van der Waals surface area contributed by atoms with Gasteiger partial charge in [0.15, 0.2) is 0 Å². The van der Waals surface area contributed by atoms with Crippen LogP contribution in [0.2, 0.25) is 0 Å². The van der Waals surface area contributed by atoms with Crippen LogP contribution in [0.1, 0.15) is 37.4 Å². The second-order valence-corrected chi connectivity index (χ2v) is 4.59. The van der Waals surface area contributed by atoms with Gasteiger partial charge in [-0.05, 0) is 38.8 Å². The summed E-state index contributed by atoms with van der Waals surface area (Å²) in [5, 5.41) is 3.33. The summed E-state index contributed by atoms with van der Waals surface area (Å²) in [6.07, 6.45) is 6.75. The van der Waals surface area contributed by atoms with Crippen molar-refractivity contribution in [3.63, 3.8) is 0 Å². The van der Waals surface area contributed by atoms with E-state index in [1.54, 1.807) is 0 Å². The number of hydrogen-bond donors (Lipinski definition) is 1. The molecule has 0 aromatic carbocycles. The Bertz CT molecular complexity index is 359. The van der Waals surface area contributed by atoms with Gasteiger partial charge < -0.3 is 10.1 Å². The van der Waals surface area contributed by atoms with Gasteiger partial charge in [0.2, 0.25) is 5.88 Å². The molecular weight excluding hydrogens is 202 g/mol. The molecule has 1 saturated heterocycles. The molecule has 2 fully saturated rings. The lowest BCUT2D eigenvalue weighted by molar-refractivity contribution is 0.155. The summed E-state index contributed by atoms with van der Waals surface area (Å²) < 4.78 is 5.88. The quantitative estimate of drug-likeness (QED) is 0.836. The van der Waals surface area contributed by atoms with Crippen LogP contribution in [0.15, 0.2) is 12.3 Å². The van der Waals surface area contributed by atoms with E-state index in [-0.39, 0.29) is 0 Å². The van der Waals surface area contributed by atoms with Gasteiger partial charge in [0.1, 0.15) is 11.9 Å². The smallest absolute Gasteiger partial charge is 0.216 e. The standard InChI is InChI=1S/C12H17N3O/c1-2-9(1)12-14-8-5-11(15-12)16-10-3-6-13-7-4-10/h5,8-10,13H,1-4,6-7H2. The van der Waals surface area contributed by atoms with Crippen molar-refractivity contribution in [3.05, 3.63) is 18.1 Å². The van der Waals surface area contributed by atoms with Gasteiger partial charge in [-0.2, -0.15) is 4.98 Å². The van der Waals surface area contributed by atoms with Crippen LogP contribution in [0, 0.1) is 0 Å². The Morgan fingerprint density at radius 1 is 1.19 bits per heavy atom. The number of hydrogen-bond acceptors (Lipinski definition) is 4. The summed E-state index contributed by atoms with van der Waals surface area (Å²) in [5.41, 5.74) is 0. The SMILES string of the molecule is c1cc(OC2CCNCC2)nc(C2CC2)n1. The highest BCUT2D eigenvalue weighted by atomic mass is 16.5. The largest absolute Gasteiger partial charge is 0.474 e. The van der Waals surface area contributed by atoms with Crippen molar-refractivity contribution in [3.8, 4) is 5.88 Å². The molecule has 4 heteroatoms. The molecule has 0 atom stereocenters. The minimum atomic E-state index is 0.322. The third-order valence-corrected chi connectivity index (χ3v) is 3.16. The van der Waals surface area contributed by atoms with Crippen molar-refractivity contribution in [1.82, 2.24) is 15.3 Å². The number of rotatable bonds is 3. The molecule has 2 aliphatic rings. The fourth-order valence-electron chi connectivity index (χ4n) is 2.04. The summed E-state index contributed by atoms with van der Waals surface area (Å²) in [7, 11) is 0. The van der Waals surface area contributed by atoms with Gasteiger partial charge in [0.05, 0.1) is 0 Å². The van der Waals surface area contributed by atoms with Crippen LogP contribution in [0.3, 0.4) is 0 Å². The molecular formula is C12H17N3O. The van der Waals surface area contributed by atoms with E-state index in [0.29, 0.717) is 12.0 Å². The predicted octanol–water partition coefficient (Wildman–Crippen LogP) is 1.48. The first-order valence-electron chi connectivity index (χ1n) is 6.12. The predicted molar refractivity (Wildman–Crippen MR) is 60.5 cm³/mol. The van der Waals surface area contributed by atoms with Crippen molar-refractivity contribution in [2.75, 3.05) is 13.1 Å². The molecule has 1 aliphatic carbocycles. The zero-order valence-electron chi connectivity index (χ0n) is 9.35. The Balaban J connectivity index is 1.66. The summed E-state index contributed by atoms with van der Waals surface area (Å²) in [6, 6.07) is 1.87. The summed E-state index contributed by atoms with van der Waals surface area (Å²) in [6.45, 7) is 2.09. The molecule has 0 spiro atoms. The number of aromatic nitrogens is 2.